The van der Waals surface area contributed by atoms with Gasteiger partial charge in [-0.3, -0.25) is 4.79 Å². The fraction of sp³-hybridized carbons (Fsp3) is 0.909. The highest BCUT2D eigenvalue weighted by atomic mass is 32.2. The van der Waals surface area contributed by atoms with Crippen molar-refractivity contribution < 1.29 is 9.90 Å². The van der Waals surface area contributed by atoms with Gasteiger partial charge in [-0.05, 0) is 38.0 Å². The molecule has 1 amide bonds. The highest BCUT2D eigenvalue weighted by molar-refractivity contribution is 7.99. The topological polar surface area (TPSA) is 75.3 Å². The number of carbonyl (C=O) groups excluding carboxylic acids is 1. The SMILES string of the molecule is CNC1(C(N)=O)CCC(SCC(C)CO)C1. The zero-order valence-electron chi connectivity index (χ0n) is 10.0. The number of hydrogen-bond acceptors (Lipinski definition) is 4. The maximum atomic E-state index is 11.4. The number of rotatable bonds is 6. The van der Waals surface area contributed by atoms with Crippen LogP contribution in [0.25, 0.3) is 0 Å². The Hall–Kier alpha value is -0.260. The lowest BCUT2D eigenvalue weighted by molar-refractivity contribution is -0.124. The molecule has 0 bridgehead atoms. The van der Waals surface area contributed by atoms with E-state index in [9.17, 15) is 4.79 Å². The monoisotopic (exact) mass is 246 g/mol. The van der Waals surface area contributed by atoms with E-state index in [1.165, 1.54) is 0 Å². The normalized spacial score (nSPS) is 31.6. The van der Waals surface area contributed by atoms with Gasteiger partial charge in [-0.1, -0.05) is 6.92 Å². The highest BCUT2D eigenvalue weighted by Gasteiger charge is 2.42. The molecule has 94 valence electrons. The molecule has 1 aliphatic carbocycles. The summed E-state index contributed by atoms with van der Waals surface area (Å²) in [6.07, 6.45) is 2.65. The first-order valence-corrected chi connectivity index (χ1v) is 6.80. The predicted molar refractivity (Wildman–Crippen MR) is 67.3 cm³/mol. The molecule has 1 rings (SSSR count). The van der Waals surface area contributed by atoms with Crippen molar-refractivity contribution in [1.82, 2.24) is 5.32 Å². The highest BCUT2D eigenvalue weighted by Crippen LogP contribution is 2.37. The summed E-state index contributed by atoms with van der Waals surface area (Å²) < 4.78 is 0. The molecule has 5 heteroatoms. The third-order valence-corrected chi connectivity index (χ3v) is 4.98. The molecule has 1 aliphatic rings. The van der Waals surface area contributed by atoms with E-state index in [1.807, 2.05) is 18.7 Å². The third-order valence-electron chi connectivity index (χ3n) is 3.35. The number of carbonyl (C=O) groups is 1. The minimum absolute atomic E-state index is 0.229. The first kappa shape index (κ1) is 13.8. The molecule has 3 atom stereocenters. The second-order valence-corrected chi connectivity index (χ2v) is 6.02. The van der Waals surface area contributed by atoms with Gasteiger partial charge < -0.3 is 16.2 Å². The van der Waals surface area contributed by atoms with Crippen LogP contribution in [0.15, 0.2) is 0 Å². The summed E-state index contributed by atoms with van der Waals surface area (Å²) in [4.78, 5) is 11.4. The van der Waals surface area contributed by atoms with Crippen LogP contribution in [0.3, 0.4) is 0 Å². The number of hydrogen-bond donors (Lipinski definition) is 3. The average Bonchev–Trinajstić information content (AvgIpc) is 2.70. The molecule has 1 saturated carbocycles. The van der Waals surface area contributed by atoms with E-state index in [4.69, 9.17) is 10.8 Å². The van der Waals surface area contributed by atoms with E-state index in [0.29, 0.717) is 11.2 Å². The van der Waals surface area contributed by atoms with Crippen LogP contribution in [0, 0.1) is 5.92 Å². The van der Waals surface area contributed by atoms with Gasteiger partial charge in [-0.15, -0.1) is 0 Å². The van der Waals surface area contributed by atoms with E-state index in [1.54, 1.807) is 7.05 Å². The van der Waals surface area contributed by atoms with Gasteiger partial charge in [0.1, 0.15) is 0 Å². The van der Waals surface area contributed by atoms with Crippen LogP contribution in [0.4, 0.5) is 0 Å². The van der Waals surface area contributed by atoms with Crippen molar-refractivity contribution >= 4 is 17.7 Å². The predicted octanol–water partition coefficient (Wildman–Crippen LogP) is 0.344. The van der Waals surface area contributed by atoms with E-state index < -0.39 is 5.54 Å². The standard InChI is InChI=1S/C11H22N2O2S/c1-8(6-14)7-16-9-3-4-11(5-9,13-2)10(12)15/h8-9,13-14H,3-7H2,1-2H3,(H2,12,15). The Bertz CT molecular complexity index is 250. The Labute approximate surface area is 101 Å². The summed E-state index contributed by atoms with van der Waals surface area (Å²) in [6, 6.07) is 0. The Morgan fingerprint density at radius 2 is 2.44 bits per heavy atom. The molecule has 16 heavy (non-hydrogen) atoms. The van der Waals surface area contributed by atoms with E-state index in [-0.39, 0.29) is 12.5 Å². The Morgan fingerprint density at radius 1 is 1.75 bits per heavy atom. The zero-order chi connectivity index (χ0) is 12.2. The maximum Gasteiger partial charge on any atom is 0.237 e. The van der Waals surface area contributed by atoms with Crippen molar-refractivity contribution in [2.75, 3.05) is 19.4 Å². The molecule has 1 fully saturated rings. The number of likely N-dealkylation sites (N-methyl/N-ethyl adjacent to an activating group) is 1. The molecule has 0 saturated heterocycles. The average molecular weight is 246 g/mol. The van der Waals surface area contributed by atoms with Gasteiger partial charge in [-0.2, -0.15) is 11.8 Å². The molecule has 4 nitrogen and oxygen atoms in total. The molecular weight excluding hydrogens is 224 g/mol. The molecular formula is C11H22N2O2S. The van der Waals surface area contributed by atoms with Crippen LogP contribution in [0.5, 0.6) is 0 Å². The van der Waals surface area contributed by atoms with Gasteiger partial charge in [0, 0.05) is 11.9 Å². The lowest BCUT2D eigenvalue weighted by Crippen LogP contribution is -2.52. The van der Waals surface area contributed by atoms with Gasteiger partial charge in [0.25, 0.3) is 0 Å². The van der Waals surface area contributed by atoms with Crippen molar-refractivity contribution in [2.45, 2.75) is 37.0 Å². The number of primary amides is 1. The summed E-state index contributed by atoms with van der Waals surface area (Å²) in [6.45, 7) is 2.26. The van der Waals surface area contributed by atoms with Crippen molar-refractivity contribution in [3.05, 3.63) is 0 Å². The summed E-state index contributed by atoms with van der Waals surface area (Å²) in [5.41, 5.74) is 4.94. The first-order chi connectivity index (χ1) is 7.54. The fourth-order valence-electron chi connectivity index (χ4n) is 2.07. The molecule has 0 spiro atoms. The number of amides is 1. The molecule has 4 N–H and O–H groups in total. The lowest BCUT2D eigenvalue weighted by Gasteiger charge is -2.24. The van der Waals surface area contributed by atoms with Gasteiger partial charge in [0.15, 0.2) is 0 Å². The van der Waals surface area contributed by atoms with E-state index >= 15 is 0 Å². The fourth-order valence-corrected chi connectivity index (χ4v) is 3.46. The van der Waals surface area contributed by atoms with Gasteiger partial charge in [-0.25, -0.2) is 0 Å². The van der Waals surface area contributed by atoms with E-state index in [2.05, 4.69) is 5.32 Å². The quantitative estimate of drug-likeness (QED) is 0.632. The smallest absolute Gasteiger partial charge is 0.237 e. The molecule has 0 aliphatic heterocycles. The minimum atomic E-state index is -0.500. The minimum Gasteiger partial charge on any atom is -0.396 e. The molecule has 3 unspecified atom stereocenters. The summed E-state index contributed by atoms with van der Waals surface area (Å²) in [5.74, 6) is 1.02. The second-order valence-electron chi connectivity index (χ2n) is 4.68. The van der Waals surface area contributed by atoms with Crippen LogP contribution < -0.4 is 11.1 Å². The van der Waals surface area contributed by atoms with Crippen molar-refractivity contribution in [1.29, 1.82) is 0 Å². The summed E-state index contributed by atoms with van der Waals surface area (Å²) in [5, 5.41) is 12.5. The number of thioether (sulfide) groups is 1. The number of nitrogens with two attached hydrogens (primary N) is 1. The number of aliphatic hydroxyl groups is 1. The van der Waals surface area contributed by atoms with Crippen LogP contribution >= 0.6 is 11.8 Å². The number of nitrogens with one attached hydrogen (secondary N) is 1. The second kappa shape index (κ2) is 5.89. The summed E-state index contributed by atoms with van der Waals surface area (Å²) >= 11 is 1.84. The Morgan fingerprint density at radius 3 is 2.88 bits per heavy atom. The largest absolute Gasteiger partial charge is 0.396 e. The summed E-state index contributed by atoms with van der Waals surface area (Å²) in [7, 11) is 1.80. The molecule has 0 heterocycles. The van der Waals surface area contributed by atoms with Crippen molar-refractivity contribution in [3.8, 4) is 0 Å². The van der Waals surface area contributed by atoms with Crippen molar-refractivity contribution in [3.63, 3.8) is 0 Å². The Balaban J connectivity index is 2.42. The van der Waals surface area contributed by atoms with Crippen LogP contribution in [-0.4, -0.2) is 41.2 Å². The van der Waals surface area contributed by atoms with Gasteiger partial charge >= 0.3 is 0 Å². The van der Waals surface area contributed by atoms with Crippen LogP contribution in [0.1, 0.15) is 26.2 Å². The van der Waals surface area contributed by atoms with Gasteiger partial charge in [0.05, 0.1) is 5.54 Å². The third kappa shape index (κ3) is 3.12. The van der Waals surface area contributed by atoms with Crippen LogP contribution in [0.2, 0.25) is 0 Å². The molecule has 0 aromatic carbocycles. The zero-order valence-corrected chi connectivity index (χ0v) is 10.8. The molecule has 0 aromatic heterocycles. The lowest BCUT2D eigenvalue weighted by atomic mass is 9.97. The molecule has 0 radical (unpaired) electrons. The maximum absolute atomic E-state index is 11.4. The first-order valence-electron chi connectivity index (χ1n) is 5.75. The molecule has 0 aromatic rings. The van der Waals surface area contributed by atoms with Gasteiger partial charge in [0.2, 0.25) is 5.91 Å². The number of aliphatic hydroxyl groups excluding tert-OH is 1. The Kier molecular flexibility index (Phi) is 5.08. The van der Waals surface area contributed by atoms with Crippen LogP contribution in [-0.2, 0) is 4.79 Å². The van der Waals surface area contributed by atoms with Crippen molar-refractivity contribution in [2.24, 2.45) is 11.7 Å². The van der Waals surface area contributed by atoms with E-state index in [0.717, 1.165) is 25.0 Å².